The molecule has 0 fully saturated rings. The number of rotatable bonds is 4. The van der Waals surface area contributed by atoms with E-state index in [4.69, 9.17) is 0 Å². The van der Waals surface area contributed by atoms with Crippen LogP contribution in [0.3, 0.4) is 0 Å². The Bertz CT molecular complexity index is 6210. The van der Waals surface area contributed by atoms with Crippen molar-refractivity contribution in [1.29, 1.82) is 0 Å². The van der Waals surface area contributed by atoms with Gasteiger partial charge in [0, 0.05) is 94.9 Å². The number of aryl methyl sites for hydroxylation is 15. The second-order valence-corrected chi connectivity index (χ2v) is 38.0. The van der Waals surface area contributed by atoms with Crippen molar-refractivity contribution in [2.24, 2.45) is 56.4 Å². The highest BCUT2D eigenvalue weighted by Crippen LogP contribution is 2.53. The van der Waals surface area contributed by atoms with Gasteiger partial charge in [0.15, 0.2) is 0 Å². The molecule has 120 heavy (non-hydrogen) atoms. The summed E-state index contributed by atoms with van der Waals surface area (Å²) >= 11 is 0. The van der Waals surface area contributed by atoms with Crippen molar-refractivity contribution in [2.75, 3.05) is 0 Å². The van der Waals surface area contributed by atoms with Gasteiger partial charge >= 0.3 is 0 Å². The molecule has 14 rings (SSSR count). The molecule has 0 saturated heterocycles. The van der Waals surface area contributed by atoms with Crippen LogP contribution in [-0.2, 0) is 56.4 Å². The SMILES string of the molecule is CC1=C(C)c2c(-c3c(C)c(C)c(C)c(C)c3C)c3c(C)c(C)c(c(-c4c(C)c(C)c(C)c(C)c4C)c4[n+](C)c(c(-c5c(C)c(C)c(C)c(C)c5C)c5c(C)c(C)c(c(-c6c(C)c(C)c(C)c(C)c6C)c1[n+]2C)n5C)C(C)=C4C)n3C.CC1=C(C)c2c(C)c3c(C)c(C)c(c(C)c4c(C)c(C)c(c(C)c5[n+](C)c(c(C)c1[n+]2C)C(C)=C5C)n4C)n3C. The van der Waals surface area contributed by atoms with Crippen LogP contribution in [0, 0.1) is 222 Å². The fourth-order valence-corrected chi connectivity index (χ4v) is 24.2. The smallest absolute Gasteiger partial charge is 0.218 e. The van der Waals surface area contributed by atoms with Gasteiger partial charge in [-0.05, 0) is 461 Å². The first-order valence-electron chi connectivity index (χ1n) is 44.2. The maximum atomic E-state index is 2.64. The molecular weight excluding hydrogens is 1460 g/mol. The molecule has 4 aromatic carbocycles. The number of allylic oxidation sites excluding steroid dienone is 8. The Morgan fingerprint density at radius 1 is 0.117 bits per heavy atom. The third kappa shape index (κ3) is 11.7. The normalized spacial score (nSPS) is 13.2. The molecule has 0 radical (unpaired) electrons. The standard InChI is InChI=1S/C76H96N4.C36H48N4/c1-33-37(5)45(13)61(46(14)38(33)6)65-69-53(21)55(23)71(77(69)29)66(62-47(15)39(7)34(2)40(8)48(62)16)73-57(25)59(27)75(79(73)31)68(64-51(19)43(11)36(4)44(12)52(64)20)76-60(28)58(26)74(80(76)32)67(72-56(24)54(22)70(65)78(72)30)63-49(17)41(9)35(3)42(10)50(63)18;1-17-18(2)30-26(10)32-21(5)22(6)34(39(32)15)28(12)36-24(8)23(7)35(40(36)16)27(11)33-20(4)19(3)31(38(33)14)25(9)29(17)37(30)13/h1-32H3;1-16H3/q2*+2. The van der Waals surface area contributed by atoms with Crippen LogP contribution >= 0.6 is 0 Å². The molecular formula is C112H144N8+4. The Morgan fingerprint density at radius 3 is 0.425 bits per heavy atom. The first-order chi connectivity index (χ1) is 55.7. The van der Waals surface area contributed by atoms with Crippen molar-refractivity contribution in [2.45, 2.75) is 277 Å². The van der Waals surface area contributed by atoms with Gasteiger partial charge < -0.3 is 18.3 Å². The molecule has 8 nitrogen and oxygen atoms in total. The lowest BCUT2D eigenvalue weighted by Crippen LogP contribution is -2.37. The van der Waals surface area contributed by atoms with Gasteiger partial charge in [-0.1, -0.05) is 0 Å². The van der Waals surface area contributed by atoms with Crippen LogP contribution in [0.25, 0.3) is 133 Å². The minimum absolute atomic E-state index is 1.28. The lowest BCUT2D eigenvalue weighted by Gasteiger charge is -2.22. The van der Waals surface area contributed by atoms with Gasteiger partial charge in [0.25, 0.3) is 0 Å². The van der Waals surface area contributed by atoms with E-state index in [1.807, 2.05) is 0 Å². The van der Waals surface area contributed by atoms with Crippen molar-refractivity contribution in [1.82, 2.24) is 18.3 Å². The molecule has 16 bridgehead atoms. The highest BCUT2D eigenvalue weighted by atomic mass is 15.0. The van der Waals surface area contributed by atoms with Gasteiger partial charge in [0.05, 0.1) is 60.9 Å². The summed E-state index contributed by atoms with van der Waals surface area (Å²) in [6, 6.07) is 0. The van der Waals surface area contributed by atoms with Gasteiger partial charge in [0.2, 0.25) is 45.6 Å². The Morgan fingerprint density at radius 2 is 0.242 bits per heavy atom. The zero-order valence-electron chi connectivity index (χ0n) is 83.6. The van der Waals surface area contributed by atoms with E-state index in [-0.39, 0.29) is 0 Å². The van der Waals surface area contributed by atoms with Gasteiger partial charge in [0.1, 0.15) is 28.2 Å². The number of nitrogens with zero attached hydrogens (tertiary/aromatic N) is 8. The molecule has 628 valence electrons. The summed E-state index contributed by atoms with van der Waals surface area (Å²) in [5, 5.41) is 0. The summed E-state index contributed by atoms with van der Waals surface area (Å²) in [7, 11) is 18.6. The third-order valence-corrected chi connectivity index (χ3v) is 33.3. The maximum absolute atomic E-state index is 2.64. The third-order valence-electron chi connectivity index (χ3n) is 33.3. The quantitative estimate of drug-likeness (QED) is 0.157. The van der Waals surface area contributed by atoms with Gasteiger partial charge in [-0.2, -0.15) is 18.3 Å². The average Bonchev–Trinajstić information content (AvgIpc) is 1.52. The first kappa shape index (κ1) is 87.9. The van der Waals surface area contributed by atoms with E-state index in [1.165, 1.54) is 357 Å². The topological polar surface area (TPSA) is 35.2 Å². The minimum atomic E-state index is 1.28. The largest absolute Gasteiger partial charge is 0.343 e. The molecule has 0 atom stereocenters. The summed E-state index contributed by atoms with van der Waals surface area (Å²) < 4.78 is 20.4. The monoisotopic (exact) mass is 1600 g/mol. The number of aromatic nitrogens is 8. The molecule has 0 aliphatic carbocycles. The molecule has 6 aromatic heterocycles. The summed E-state index contributed by atoms with van der Waals surface area (Å²) in [5.74, 6) is 0. The van der Waals surface area contributed by atoms with Gasteiger partial charge in [-0.15, -0.1) is 0 Å². The van der Waals surface area contributed by atoms with Crippen LogP contribution in [0.5, 0.6) is 0 Å². The van der Waals surface area contributed by atoms with Crippen LogP contribution in [0.2, 0.25) is 0 Å². The van der Waals surface area contributed by atoms with Crippen molar-refractivity contribution in [3.63, 3.8) is 0 Å². The van der Waals surface area contributed by atoms with Crippen molar-refractivity contribution in [3.8, 4) is 44.5 Å². The van der Waals surface area contributed by atoms with Crippen molar-refractivity contribution in [3.05, 3.63) is 224 Å². The molecule has 0 saturated carbocycles. The van der Waals surface area contributed by atoms with E-state index >= 15 is 0 Å². The zero-order chi connectivity index (χ0) is 89.6. The summed E-state index contributed by atoms with van der Waals surface area (Å²) in [6.07, 6.45) is 0. The van der Waals surface area contributed by atoms with E-state index in [2.05, 4.69) is 370 Å². The Hall–Kier alpha value is -9.92. The summed E-state index contributed by atoms with van der Waals surface area (Å²) in [4.78, 5) is 0. The van der Waals surface area contributed by atoms with Crippen LogP contribution < -0.4 is 18.3 Å². The van der Waals surface area contributed by atoms with Gasteiger partial charge in [-0.25, -0.2) is 0 Å². The number of fused-ring (bicyclic) bond motifs is 16. The molecule has 0 unspecified atom stereocenters. The Kier molecular flexibility index (Phi) is 22.0. The molecule has 8 heteroatoms. The fraction of sp³-hybridized carbons (Fsp3) is 0.429. The highest BCUT2D eigenvalue weighted by molar-refractivity contribution is 6.10. The lowest BCUT2D eigenvalue weighted by atomic mass is 9.83. The molecule has 4 aliphatic heterocycles. The molecule has 0 spiro atoms. The van der Waals surface area contributed by atoms with Crippen molar-refractivity contribution >= 4 is 88.7 Å². The van der Waals surface area contributed by atoms with Crippen LogP contribution in [0.4, 0.5) is 0 Å². The van der Waals surface area contributed by atoms with E-state index in [0.717, 1.165) is 0 Å². The van der Waals surface area contributed by atoms with Crippen LogP contribution in [-0.4, -0.2) is 18.3 Å². The second-order valence-electron chi connectivity index (χ2n) is 38.0. The molecule has 10 aromatic rings. The molecule has 4 aliphatic rings. The second kappa shape index (κ2) is 30.0. The number of hydrogen-bond donors (Lipinski definition) is 0. The molecule has 0 amide bonds. The predicted octanol–water partition coefficient (Wildman–Crippen LogP) is 26.7. The summed E-state index contributed by atoms with van der Waals surface area (Å²) in [6.45, 7) is 94.2. The minimum Gasteiger partial charge on any atom is -0.343 e. The number of benzene rings is 4. The fourth-order valence-electron chi connectivity index (χ4n) is 24.2. The van der Waals surface area contributed by atoms with E-state index in [0.29, 0.717) is 0 Å². The Labute approximate surface area is 722 Å². The average molecular weight is 1600 g/mol. The van der Waals surface area contributed by atoms with Crippen LogP contribution in [0.15, 0.2) is 0 Å². The lowest BCUT2D eigenvalue weighted by molar-refractivity contribution is -0.679. The predicted molar refractivity (Wildman–Crippen MR) is 520 cm³/mol. The van der Waals surface area contributed by atoms with E-state index in [9.17, 15) is 0 Å². The summed E-state index contributed by atoms with van der Waals surface area (Å²) in [5.41, 5.74) is 85.5. The zero-order valence-corrected chi connectivity index (χ0v) is 83.6. The maximum Gasteiger partial charge on any atom is 0.218 e. The number of hydrogen-bond acceptors (Lipinski definition) is 0. The Balaban J connectivity index is 0.000000259. The first-order valence-corrected chi connectivity index (χ1v) is 44.2. The van der Waals surface area contributed by atoms with Crippen molar-refractivity contribution < 1.29 is 18.3 Å². The van der Waals surface area contributed by atoms with E-state index in [1.54, 1.807) is 0 Å². The van der Waals surface area contributed by atoms with E-state index < -0.39 is 0 Å². The molecule has 10 heterocycles. The molecule has 0 N–H and O–H groups in total. The highest BCUT2D eigenvalue weighted by Gasteiger charge is 2.43. The van der Waals surface area contributed by atoms with Gasteiger partial charge in [-0.3, -0.25) is 0 Å². The van der Waals surface area contributed by atoms with Crippen LogP contribution in [0.1, 0.15) is 279 Å².